The highest BCUT2D eigenvalue weighted by atomic mass is 35.5. The van der Waals surface area contributed by atoms with Crippen LogP contribution in [0.4, 0.5) is 15.2 Å². The third-order valence-electron chi connectivity index (χ3n) is 5.05. The molecule has 0 radical (unpaired) electrons. The molecule has 0 saturated carbocycles. The van der Waals surface area contributed by atoms with Gasteiger partial charge in [0.25, 0.3) is 15.9 Å². The van der Waals surface area contributed by atoms with Crippen molar-refractivity contribution in [3.05, 3.63) is 70.4 Å². The smallest absolute Gasteiger partial charge is 0.261 e. The Kier molecular flexibility index (Phi) is 6.63. The molecule has 3 aromatic rings. The molecule has 4 rings (SSSR count). The van der Waals surface area contributed by atoms with Crippen molar-refractivity contribution in [1.29, 1.82) is 0 Å². The molecule has 168 valence electrons. The van der Waals surface area contributed by atoms with Crippen LogP contribution in [0.25, 0.3) is 0 Å². The first kappa shape index (κ1) is 22.5. The molecular formula is C21H20ClFN4O3S2. The summed E-state index contributed by atoms with van der Waals surface area (Å²) in [5, 5.41) is 3.01. The summed E-state index contributed by atoms with van der Waals surface area (Å²) < 4.78 is 40.8. The Hall–Kier alpha value is -2.69. The van der Waals surface area contributed by atoms with Crippen LogP contribution >= 0.6 is 22.9 Å². The van der Waals surface area contributed by atoms with Gasteiger partial charge in [0.2, 0.25) is 0 Å². The van der Waals surface area contributed by atoms with Crippen LogP contribution in [0.15, 0.2) is 58.9 Å². The largest absolute Gasteiger partial charge is 0.346 e. The number of hydrogen-bond donors (Lipinski definition) is 1. The Morgan fingerprint density at radius 3 is 2.59 bits per heavy atom. The molecule has 11 heteroatoms. The topological polar surface area (TPSA) is 82.6 Å². The van der Waals surface area contributed by atoms with Crippen LogP contribution in [0.3, 0.4) is 0 Å². The molecule has 2 aromatic carbocycles. The van der Waals surface area contributed by atoms with Crippen molar-refractivity contribution < 1.29 is 17.6 Å². The molecule has 32 heavy (non-hydrogen) atoms. The molecule has 0 unspecified atom stereocenters. The minimum atomic E-state index is -4.00. The molecule has 1 N–H and O–H groups in total. The van der Waals surface area contributed by atoms with Crippen molar-refractivity contribution in [2.24, 2.45) is 0 Å². The molecule has 1 aromatic heterocycles. The monoisotopic (exact) mass is 494 g/mol. The van der Waals surface area contributed by atoms with Crippen molar-refractivity contribution in [1.82, 2.24) is 9.88 Å². The van der Waals surface area contributed by atoms with Crippen LogP contribution in [0.2, 0.25) is 5.02 Å². The number of nitrogens with one attached hydrogen (secondary N) is 1. The highest BCUT2D eigenvalue weighted by Crippen LogP contribution is 2.27. The van der Waals surface area contributed by atoms with E-state index in [0.29, 0.717) is 25.2 Å². The summed E-state index contributed by atoms with van der Waals surface area (Å²) in [5.74, 6) is -0.745. The van der Waals surface area contributed by atoms with Crippen LogP contribution in [0.1, 0.15) is 16.8 Å². The van der Waals surface area contributed by atoms with E-state index in [-0.39, 0.29) is 21.5 Å². The van der Waals surface area contributed by atoms with Gasteiger partial charge in [-0.3, -0.25) is 9.52 Å². The van der Waals surface area contributed by atoms with Gasteiger partial charge >= 0.3 is 0 Å². The average molecular weight is 495 g/mol. The predicted octanol–water partition coefficient (Wildman–Crippen LogP) is 4.09. The zero-order valence-electron chi connectivity index (χ0n) is 16.9. The SMILES string of the molecule is O=C(c1ccc(Cl)c(NS(=O)(=O)c2ccc(F)cc2)c1)N1CCCN(c2nccs2)CC1. The van der Waals surface area contributed by atoms with Crippen LogP contribution in [0.5, 0.6) is 0 Å². The summed E-state index contributed by atoms with van der Waals surface area (Å²) >= 11 is 7.75. The zero-order valence-corrected chi connectivity index (χ0v) is 19.3. The highest BCUT2D eigenvalue weighted by molar-refractivity contribution is 7.92. The molecule has 1 aliphatic heterocycles. The minimum absolute atomic E-state index is 0.0843. The number of thiazole rings is 1. The first-order valence-electron chi connectivity index (χ1n) is 9.85. The Labute approximate surface area is 194 Å². The molecule has 1 saturated heterocycles. The molecule has 0 spiro atoms. The fourth-order valence-electron chi connectivity index (χ4n) is 3.42. The Morgan fingerprint density at radius 1 is 1.09 bits per heavy atom. The van der Waals surface area contributed by atoms with Gasteiger partial charge in [-0.2, -0.15) is 0 Å². The van der Waals surface area contributed by atoms with Crippen LogP contribution in [-0.2, 0) is 10.0 Å². The lowest BCUT2D eigenvalue weighted by atomic mass is 10.1. The normalized spacial score (nSPS) is 14.8. The third kappa shape index (κ3) is 5.03. The van der Waals surface area contributed by atoms with Gasteiger partial charge in [-0.05, 0) is 48.9 Å². The van der Waals surface area contributed by atoms with Gasteiger partial charge in [-0.15, -0.1) is 11.3 Å². The molecule has 0 bridgehead atoms. The number of halogens is 2. The summed E-state index contributed by atoms with van der Waals surface area (Å²) in [7, 11) is -4.00. The quantitative estimate of drug-likeness (QED) is 0.577. The van der Waals surface area contributed by atoms with Crippen LogP contribution in [-0.4, -0.2) is 50.4 Å². The van der Waals surface area contributed by atoms with Gasteiger partial charge in [-0.25, -0.2) is 17.8 Å². The lowest BCUT2D eigenvalue weighted by molar-refractivity contribution is 0.0767. The van der Waals surface area contributed by atoms with Crippen molar-refractivity contribution >= 4 is 49.7 Å². The van der Waals surface area contributed by atoms with Crippen LogP contribution in [0, 0.1) is 5.82 Å². The molecule has 1 amide bonds. The summed E-state index contributed by atoms with van der Waals surface area (Å²) in [6.45, 7) is 2.58. The Morgan fingerprint density at radius 2 is 1.88 bits per heavy atom. The first-order valence-corrected chi connectivity index (χ1v) is 12.6. The van der Waals surface area contributed by atoms with Gasteiger partial charge in [0.15, 0.2) is 5.13 Å². The summed E-state index contributed by atoms with van der Waals surface area (Å²) in [6, 6.07) is 8.92. The molecule has 7 nitrogen and oxygen atoms in total. The van der Waals surface area contributed by atoms with Gasteiger partial charge in [0, 0.05) is 43.3 Å². The third-order valence-corrected chi connectivity index (χ3v) is 7.60. The lowest BCUT2D eigenvalue weighted by Gasteiger charge is -2.22. The summed E-state index contributed by atoms with van der Waals surface area (Å²) in [4.78, 5) is 21.2. The van der Waals surface area contributed by atoms with Gasteiger partial charge in [0.1, 0.15) is 5.82 Å². The van der Waals surface area contributed by atoms with Crippen molar-refractivity contribution in [3.63, 3.8) is 0 Å². The van der Waals surface area contributed by atoms with E-state index in [2.05, 4.69) is 14.6 Å². The van der Waals surface area contributed by atoms with E-state index in [0.717, 1.165) is 42.4 Å². The van der Waals surface area contributed by atoms with Crippen molar-refractivity contribution in [3.8, 4) is 0 Å². The number of rotatable bonds is 5. The second-order valence-corrected chi connectivity index (χ2v) is 10.2. The Balaban J connectivity index is 1.50. The number of aromatic nitrogens is 1. The van der Waals surface area contributed by atoms with Crippen LogP contribution < -0.4 is 9.62 Å². The fourth-order valence-corrected chi connectivity index (χ4v) is 5.41. The number of amides is 1. The van der Waals surface area contributed by atoms with E-state index in [1.807, 2.05) is 5.38 Å². The van der Waals surface area contributed by atoms with Gasteiger partial charge in [0.05, 0.1) is 15.6 Å². The second kappa shape index (κ2) is 9.43. The Bertz CT molecular complexity index is 1200. The first-order chi connectivity index (χ1) is 15.3. The van der Waals surface area contributed by atoms with Gasteiger partial charge in [-0.1, -0.05) is 11.6 Å². The van der Waals surface area contributed by atoms with Crippen molar-refractivity contribution in [2.75, 3.05) is 35.8 Å². The maximum Gasteiger partial charge on any atom is 0.261 e. The van der Waals surface area contributed by atoms with Gasteiger partial charge < -0.3 is 9.80 Å². The molecule has 1 aliphatic rings. The molecule has 0 atom stereocenters. The maximum atomic E-state index is 13.1. The molecular weight excluding hydrogens is 475 g/mol. The average Bonchev–Trinajstić information content (AvgIpc) is 3.20. The maximum absolute atomic E-state index is 13.1. The zero-order chi connectivity index (χ0) is 22.7. The van der Waals surface area contributed by atoms with E-state index in [9.17, 15) is 17.6 Å². The number of carbonyl (C=O) groups is 1. The van der Waals surface area contributed by atoms with Crippen molar-refractivity contribution in [2.45, 2.75) is 11.3 Å². The molecule has 1 fully saturated rings. The number of carbonyl (C=O) groups excluding carboxylic acids is 1. The lowest BCUT2D eigenvalue weighted by Crippen LogP contribution is -2.35. The number of nitrogens with zero attached hydrogens (tertiary/aromatic N) is 3. The second-order valence-electron chi connectivity index (χ2n) is 7.20. The number of anilines is 2. The summed E-state index contributed by atoms with van der Waals surface area (Å²) in [5.41, 5.74) is 0.412. The number of sulfonamides is 1. The summed E-state index contributed by atoms with van der Waals surface area (Å²) in [6.07, 6.45) is 2.55. The highest BCUT2D eigenvalue weighted by Gasteiger charge is 2.23. The van der Waals surface area contributed by atoms with E-state index < -0.39 is 15.8 Å². The van der Waals surface area contributed by atoms with E-state index in [1.165, 1.54) is 12.1 Å². The number of benzene rings is 2. The molecule has 0 aliphatic carbocycles. The number of hydrogen-bond acceptors (Lipinski definition) is 6. The van der Waals surface area contributed by atoms with E-state index in [4.69, 9.17) is 11.6 Å². The molecule has 2 heterocycles. The van der Waals surface area contributed by atoms with E-state index in [1.54, 1.807) is 28.5 Å². The fraction of sp³-hybridized carbons (Fsp3) is 0.238. The minimum Gasteiger partial charge on any atom is -0.346 e. The van der Waals surface area contributed by atoms with E-state index >= 15 is 0 Å². The standard InChI is InChI=1S/C21H20ClFN4O3S2/c22-18-7-2-15(14-19(18)25-32(29,30)17-5-3-16(23)4-6-17)20(28)26-9-1-10-27(12-11-26)21-24-8-13-31-21/h2-8,13-14,25H,1,9-12H2. The predicted molar refractivity (Wildman–Crippen MR) is 124 cm³/mol.